The van der Waals surface area contributed by atoms with Crippen molar-refractivity contribution >= 4 is 17.3 Å². The van der Waals surface area contributed by atoms with Crippen LogP contribution in [0.25, 0.3) is 0 Å². The number of allylic oxidation sites excluding steroid dienone is 4. The van der Waals surface area contributed by atoms with Gasteiger partial charge in [-0.1, -0.05) is 67.1 Å². The van der Waals surface area contributed by atoms with Gasteiger partial charge in [0, 0.05) is 47.9 Å². The van der Waals surface area contributed by atoms with Crippen molar-refractivity contribution in [3.8, 4) is 0 Å². The van der Waals surface area contributed by atoms with Gasteiger partial charge in [0.15, 0.2) is 0 Å². The third-order valence-electron chi connectivity index (χ3n) is 6.88. The summed E-state index contributed by atoms with van der Waals surface area (Å²) in [6.07, 6.45) is 12.0. The minimum atomic E-state index is -0.116. The molecule has 182 valence electrons. The molecule has 34 heavy (non-hydrogen) atoms. The number of anilines is 1. The summed E-state index contributed by atoms with van der Waals surface area (Å²) in [7, 11) is 3.76. The predicted molar refractivity (Wildman–Crippen MR) is 146 cm³/mol. The number of nitrogens with one attached hydrogen (secondary N) is 1. The Morgan fingerprint density at radius 1 is 1.15 bits per heavy atom. The molecule has 2 atom stereocenters. The minimum absolute atomic E-state index is 0.116. The van der Waals surface area contributed by atoms with Crippen molar-refractivity contribution in [1.82, 2.24) is 4.90 Å². The van der Waals surface area contributed by atoms with Crippen LogP contribution in [0.15, 0.2) is 84.3 Å². The monoisotopic (exact) mass is 478 g/mol. The lowest BCUT2D eigenvalue weighted by atomic mass is 9.73. The average molecular weight is 479 g/mol. The molecular weight excluding hydrogens is 440 g/mol. The molecule has 0 saturated carbocycles. The second-order valence-electron chi connectivity index (χ2n) is 9.19. The Hall–Kier alpha value is -2.65. The van der Waals surface area contributed by atoms with E-state index in [1.165, 1.54) is 16.8 Å². The Morgan fingerprint density at radius 3 is 2.53 bits per heavy atom. The van der Waals surface area contributed by atoms with Crippen molar-refractivity contribution in [2.45, 2.75) is 45.4 Å². The third kappa shape index (κ3) is 6.27. The Kier molecular flexibility index (Phi) is 9.29. The maximum absolute atomic E-state index is 6.46. The van der Waals surface area contributed by atoms with Crippen LogP contribution in [-0.2, 0) is 16.6 Å². The first-order valence-electron chi connectivity index (χ1n) is 12.3. The van der Waals surface area contributed by atoms with Crippen LogP contribution >= 0.6 is 11.6 Å². The molecule has 2 aromatic rings. The highest BCUT2D eigenvalue weighted by atomic mass is 35.5. The molecule has 1 aliphatic rings. The van der Waals surface area contributed by atoms with E-state index in [4.69, 9.17) is 16.3 Å². The van der Waals surface area contributed by atoms with E-state index in [0.29, 0.717) is 0 Å². The van der Waals surface area contributed by atoms with Gasteiger partial charge in [0.05, 0.1) is 7.11 Å². The van der Waals surface area contributed by atoms with Crippen LogP contribution in [0.2, 0.25) is 5.02 Å². The van der Waals surface area contributed by atoms with Gasteiger partial charge in [0.1, 0.15) is 5.76 Å². The van der Waals surface area contributed by atoms with Crippen LogP contribution in [0.4, 0.5) is 5.69 Å². The van der Waals surface area contributed by atoms with E-state index < -0.39 is 0 Å². The fourth-order valence-electron chi connectivity index (χ4n) is 4.92. The lowest BCUT2D eigenvalue weighted by Gasteiger charge is -2.32. The van der Waals surface area contributed by atoms with E-state index >= 15 is 0 Å². The van der Waals surface area contributed by atoms with Crippen molar-refractivity contribution in [2.75, 3.05) is 32.6 Å². The highest BCUT2D eigenvalue weighted by molar-refractivity contribution is 6.30. The zero-order valence-electron chi connectivity index (χ0n) is 21.3. The lowest BCUT2D eigenvalue weighted by Crippen LogP contribution is -2.26. The molecule has 2 unspecified atom stereocenters. The molecule has 0 fully saturated rings. The van der Waals surface area contributed by atoms with E-state index in [1.54, 1.807) is 7.11 Å². The summed E-state index contributed by atoms with van der Waals surface area (Å²) in [5.41, 5.74) is 4.83. The SMILES string of the molecule is CCN(CC)C1=CCC(/C=C/CC(C)(Cc2ccccc2)c2cc(Cl)ccc2NC)C(OC)=C1. The Labute approximate surface area is 211 Å². The number of halogens is 1. The van der Waals surface area contributed by atoms with E-state index in [2.05, 4.69) is 97.8 Å². The normalized spacial score (nSPS) is 17.6. The molecule has 4 heteroatoms. The van der Waals surface area contributed by atoms with Crippen LogP contribution in [0.1, 0.15) is 44.7 Å². The number of benzene rings is 2. The van der Waals surface area contributed by atoms with Crippen molar-refractivity contribution in [3.63, 3.8) is 0 Å². The summed E-state index contributed by atoms with van der Waals surface area (Å²) >= 11 is 6.46. The molecule has 0 spiro atoms. The van der Waals surface area contributed by atoms with E-state index in [-0.39, 0.29) is 11.3 Å². The van der Waals surface area contributed by atoms with Crippen molar-refractivity contribution in [1.29, 1.82) is 0 Å². The van der Waals surface area contributed by atoms with Crippen molar-refractivity contribution in [3.05, 3.63) is 100 Å². The predicted octanol–water partition coefficient (Wildman–Crippen LogP) is 7.60. The molecule has 0 aromatic heterocycles. The van der Waals surface area contributed by atoms with Crippen LogP contribution in [0.3, 0.4) is 0 Å². The van der Waals surface area contributed by atoms with Gasteiger partial charge in [0.2, 0.25) is 0 Å². The van der Waals surface area contributed by atoms with E-state index in [1.807, 2.05) is 13.1 Å². The first-order chi connectivity index (χ1) is 16.4. The Bertz CT molecular complexity index is 1020. The summed E-state index contributed by atoms with van der Waals surface area (Å²) < 4.78 is 5.80. The van der Waals surface area contributed by atoms with Gasteiger partial charge in [-0.3, -0.25) is 0 Å². The zero-order chi connectivity index (χ0) is 24.6. The molecule has 0 aliphatic heterocycles. The molecular formula is C30H39ClN2O. The maximum atomic E-state index is 6.46. The standard InChI is InChI=1S/C30H39ClN2O/c1-6-33(7-2)26-17-15-24(29(21-26)34-5)14-11-19-30(3,22-23-12-9-8-10-13-23)27-20-25(31)16-18-28(27)32-4/h8-14,16-18,20-21,24,32H,6-7,15,19,22H2,1-5H3/b14-11+. The molecule has 3 rings (SSSR count). The van der Waals surface area contributed by atoms with Gasteiger partial charge in [0.25, 0.3) is 0 Å². The molecule has 2 aromatic carbocycles. The van der Waals surface area contributed by atoms with Crippen LogP contribution in [0.5, 0.6) is 0 Å². The molecule has 0 amide bonds. The molecule has 0 radical (unpaired) electrons. The number of likely N-dealkylation sites (N-methyl/N-ethyl adjacent to an activating group) is 1. The van der Waals surface area contributed by atoms with Crippen molar-refractivity contribution in [2.24, 2.45) is 5.92 Å². The summed E-state index contributed by atoms with van der Waals surface area (Å²) in [4.78, 5) is 2.37. The van der Waals surface area contributed by atoms with Gasteiger partial charge in [-0.2, -0.15) is 0 Å². The lowest BCUT2D eigenvalue weighted by molar-refractivity contribution is 0.250. The third-order valence-corrected chi connectivity index (χ3v) is 7.11. The number of nitrogens with zero attached hydrogens (tertiary/aromatic N) is 1. The maximum Gasteiger partial charge on any atom is 0.105 e. The van der Waals surface area contributed by atoms with Gasteiger partial charge in [-0.15, -0.1) is 0 Å². The van der Waals surface area contributed by atoms with E-state index in [9.17, 15) is 0 Å². The van der Waals surface area contributed by atoms with E-state index in [0.717, 1.165) is 48.8 Å². The highest BCUT2D eigenvalue weighted by Gasteiger charge is 2.29. The average Bonchev–Trinajstić information content (AvgIpc) is 2.86. The molecule has 1 N–H and O–H groups in total. The summed E-state index contributed by atoms with van der Waals surface area (Å²) in [6.45, 7) is 8.73. The Morgan fingerprint density at radius 2 is 1.88 bits per heavy atom. The quantitative estimate of drug-likeness (QED) is 0.336. The largest absolute Gasteiger partial charge is 0.500 e. The first-order valence-corrected chi connectivity index (χ1v) is 12.7. The van der Waals surface area contributed by atoms with Gasteiger partial charge in [-0.25, -0.2) is 0 Å². The van der Waals surface area contributed by atoms with Crippen LogP contribution in [0, 0.1) is 5.92 Å². The summed E-state index contributed by atoms with van der Waals surface area (Å²) in [5.74, 6) is 1.29. The number of hydrogen-bond donors (Lipinski definition) is 1. The second kappa shape index (κ2) is 12.2. The number of hydrogen-bond acceptors (Lipinski definition) is 3. The fourth-order valence-corrected chi connectivity index (χ4v) is 5.09. The molecule has 3 nitrogen and oxygen atoms in total. The molecule has 0 saturated heterocycles. The van der Waals surface area contributed by atoms with Gasteiger partial charge in [-0.05, 0) is 68.5 Å². The molecule has 0 heterocycles. The smallest absolute Gasteiger partial charge is 0.105 e. The minimum Gasteiger partial charge on any atom is -0.500 e. The van der Waals surface area contributed by atoms with Crippen LogP contribution < -0.4 is 5.32 Å². The Balaban J connectivity index is 1.87. The number of ether oxygens (including phenoxy) is 1. The first kappa shape index (κ1) is 26.0. The van der Waals surface area contributed by atoms with Gasteiger partial charge >= 0.3 is 0 Å². The van der Waals surface area contributed by atoms with Crippen LogP contribution in [-0.4, -0.2) is 32.1 Å². The summed E-state index contributed by atoms with van der Waals surface area (Å²) in [5, 5.41) is 4.14. The topological polar surface area (TPSA) is 24.5 Å². The number of rotatable bonds is 11. The molecule has 1 aliphatic carbocycles. The van der Waals surface area contributed by atoms with Crippen molar-refractivity contribution < 1.29 is 4.74 Å². The molecule has 0 bridgehead atoms. The highest BCUT2D eigenvalue weighted by Crippen LogP contribution is 2.39. The fraction of sp³-hybridized carbons (Fsp3) is 0.400. The zero-order valence-corrected chi connectivity index (χ0v) is 22.0. The second-order valence-corrected chi connectivity index (χ2v) is 9.63. The number of methoxy groups -OCH3 is 1. The van der Waals surface area contributed by atoms with Gasteiger partial charge < -0.3 is 15.0 Å². The summed E-state index contributed by atoms with van der Waals surface area (Å²) in [6, 6.07) is 16.9.